The summed E-state index contributed by atoms with van der Waals surface area (Å²) in [6.07, 6.45) is 1.31. The van der Waals surface area contributed by atoms with Crippen LogP contribution in [0.5, 0.6) is 5.75 Å². The van der Waals surface area contributed by atoms with Crippen molar-refractivity contribution in [1.29, 1.82) is 0 Å². The molecule has 2 aliphatic heterocycles. The van der Waals surface area contributed by atoms with Gasteiger partial charge in [0.2, 0.25) is 5.43 Å². The lowest BCUT2D eigenvalue weighted by Crippen LogP contribution is -2.49. The predicted molar refractivity (Wildman–Crippen MR) is 134 cm³/mol. The molecule has 36 heavy (non-hydrogen) atoms. The van der Waals surface area contributed by atoms with Crippen LogP contribution < -0.4 is 15.1 Å². The van der Waals surface area contributed by atoms with E-state index in [9.17, 15) is 19.5 Å². The number of ether oxygens (including phenoxy) is 1. The van der Waals surface area contributed by atoms with Crippen LogP contribution in [0.3, 0.4) is 0 Å². The molecule has 1 unspecified atom stereocenters. The van der Waals surface area contributed by atoms with Crippen LogP contribution in [0.25, 0.3) is 10.9 Å². The van der Waals surface area contributed by atoms with Crippen molar-refractivity contribution in [2.45, 2.75) is 13.5 Å². The second-order valence-corrected chi connectivity index (χ2v) is 9.52. The molecule has 0 spiro atoms. The second-order valence-electron chi connectivity index (χ2n) is 9.08. The summed E-state index contributed by atoms with van der Waals surface area (Å²) in [5.74, 6) is -1.64. The van der Waals surface area contributed by atoms with Crippen molar-refractivity contribution in [3.63, 3.8) is 0 Å². The Morgan fingerprint density at radius 3 is 2.61 bits per heavy atom. The summed E-state index contributed by atoms with van der Waals surface area (Å²) in [4.78, 5) is 41.1. The number of fused-ring (bicyclic) bond motifs is 2. The van der Waals surface area contributed by atoms with Crippen molar-refractivity contribution >= 4 is 39.9 Å². The molecule has 1 saturated heterocycles. The smallest absolute Gasteiger partial charge is 0.341 e. The summed E-state index contributed by atoms with van der Waals surface area (Å²) in [6.45, 7) is 5.45. The number of halogens is 2. The molecule has 188 valence electrons. The lowest BCUT2D eigenvalue weighted by atomic mass is 9.94. The summed E-state index contributed by atoms with van der Waals surface area (Å²) >= 11 is 6.00. The number of carbonyl (C=O) groups is 2. The molecule has 0 saturated carbocycles. The largest absolute Gasteiger partial charge is 0.492 e. The van der Waals surface area contributed by atoms with E-state index in [0.29, 0.717) is 73.4 Å². The van der Waals surface area contributed by atoms with E-state index in [1.807, 2.05) is 11.8 Å². The Balaban J connectivity index is 1.31. The van der Waals surface area contributed by atoms with Gasteiger partial charge in [0, 0.05) is 55.9 Å². The molecule has 0 bridgehead atoms. The van der Waals surface area contributed by atoms with Gasteiger partial charge < -0.3 is 19.3 Å². The first-order chi connectivity index (χ1) is 17.3. The summed E-state index contributed by atoms with van der Waals surface area (Å²) in [7, 11) is 0. The maximum atomic E-state index is 15.1. The minimum absolute atomic E-state index is 0.0363. The number of anilines is 1. The predicted octanol–water partition coefficient (Wildman–Crippen LogP) is 3.53. The summed E-state index contributed by atoms with van der Waals surface area (Å²) < 4.78 is 22.5. The monoisotopic (exact) mass is 513 g/mol. The Morgan fingerprint density at radius 1 is 1.17 bits per heavy atom. The van der Waals surface area contributed by atoms with Gasteiger partial charge in [0.25, 0.3) is 0 Å². The van der Waals surface area contributed by atoms with Gasteiger partial charge in [-0.15, -0.1) is 0 Å². The van der Waals surface area contributed by atoms with Gasteiger partial charge in [-0.1, -0.05) is 11.6 Å². The zero-order chi connectivity index (χ0) is 25.6. The second kappa shape index (κ2) is 9.55. The van der Waals surface area contributed by atoms with Gasteiger partial charge in [0.05, 0.1) is 29.3 Å². The number of hydrogen-bond acceptors (Lipinski definition) is 6. The number of hydrogen-bond donors (Lipinski definition) is 1. The van der Waals surface area contributed by atoms with Crippen LogP contribution in [0, 0.1) is 11.7 Å². The van der Waals surface area contributed by atoms with Gasteiger partial charge in [-0.05, 0) is 37.3 Å². The number of carboxylic acid groups (broad SMARTS) is 1. The van der Waals surface area contributed by atoms with Crippen LogP contribution in [0.2, 0.25) is 5.02 Å². The van der Waals surface area contributed by atoms with Crippen molar-refractivity contribution < 1.29 is 23.8 Å². The maximum Gasteiger partial charge on any atom is 0.341 e. The lowest BCUT2D eigenvalue weighted by molar-refractivity contribution is 0.0693. The minimum Gasteiger partial charge on any atom is -0.492 e. The molecule has 1 atom stereocenters. The van der Waals surface area contributed by atoms with Gasteiger partial charge in [-0.3, -0.25) is 14.5 Å². The number of carbonyl (C=O) groups excluding carboxylic acids is 1. The highest BCUT2D eigenvalue weighted by Gasteiger charge is 2.32. The first-order valence-electron chi connectivity index (χ1n) is 11.8. The Labute approximate surface area is 211 Å². The van der Waals surface area contributed by atoms with Crippen molar-refractivity contribution in [2.24, 2.45) is 5.92 Å². The SMILES string of the molecule is CCn1cc(C(=O)O)c(=O)c2cc(F)c(N3CCN(CC4COc5cc(Cl)ccc5C4=O)CC3)cc21. The van der Waals surface area contributed by atoms with E-state index in [4.69, 9.17) is 16.3 Å². The third-order valence-corrected chi connectivity index (χ3v) is 7.17. The molecule has 8 nitrogen and oxygen atoms in total. The van der Waals surface area contributed by atoms with Crippen molar-refractivity contribution in [2.75, 3.05) is 44.2 Å². The molecule has 5 rings (SSSR count). The van der Waals surface area contributed by atoms with E-state index in [2.05, 4.69) is 4.90 Å². The summed E-state index contributed by atoms with van der Waals surface area (Å²) in [5.41, 5.74) is 0.336. The molecule has 3 heterocycles. The quantitative estimate of drug-likeness (QED) is 0.558. The van der Waals surface area contributed by atoms with Gasteiger partial charge in [0.1, 0.15) is 17.1 Å². The third-order valence-electron chi connectivity index (χ3n) is 6.93. The number of nitrogens with zero attached hydrogens (tertiary/aromatic N) is 3. The lowest BCUT2D eigenvalue weighted by Gasteiger charge is -2.38. The van der Waals surface area contributed by atoms with Crippen LogP contribution in [-0.2, 0) is 6.54 Å². The Bertz CT molecular complexity index is 1430. The molecular formula is C26H25ClFN3O5. The number of Topliss-reactive ketones (excluding diaryl/α,β-unsaturated/α-hetero) is 1. The number of benzene rings is 2. The fourth-order valence-corrected chi connectivity index (χ4v) is 5.14. The first kappa shape index (κ1) is 24.3. The normalized spacial score (nSPS) is 18.2. The van der Waals surface area contributed by atoms with Crippen molar-refractivity contribution in [3.05, 3.63) is 68.7 Å². The Kier molecular flexibility index (Phi) is 6.44. The fraction of sp³-hybridized carbons (Fsp3) is 0.346. The Morgan fingerprint density at radius 2 is 1.92 bits per heavy atom. The van der Waals surface area contributed by atoms with Crippen LogP contribution in [0.4, 0.5) is 10.1 Å². The number of rotatable bonds is 5. The highest BCUT2D eigenvalue weighted by Crippen LogP contribution is 2.31. The number of aromatic nitrogens is 1. The van der Waals surface area contributed by atoms with Gasteiger partial charge in [-0.2, -0.15) is 0 Å². The van der Waals surface area contributed by atoms with Crippen molar-refractivity contribution in [3.8, 4) is 5.75 Å². The van der Waals surface area contributed by atoms with E-state index in [1.165, 1.54) is 6.20 Å². The standard InChI is InChI=1S/C26H25ClFN3O5/c1-2-30-13-19(26(34)35)25(33)18-10-20(28)22(11-21(18)30)31-7-5-29(6-8-31)12-15-14-36-23-9-16(27)3-4-17(23)24(15)32/h3-4,9-11,13,15H,2,5-8,12,14H2,1H3,(H,34,35). The van der Waals surface area contributed by atoms with Crippen molar-refractivity contribution in [1.82, 2.24) is 9.47 Å². The molecule has 1 N–H and O–H groups in total. The van der Waals surface area contributed by atoms with Crippen LogP contribution >= 0.6 is 11.6 Å². The molecule has 10 heteroatoms. The highest BCUT2D eigenvalue weighted by molar-refractivity contribution is 6.31. The third kappa shape index (κ3) is 4.33. The number of piperazine rings is 1. The van der Waals surface area contributed by atoms with Crippen LogP contribution in [-0.4, -0.2) is 65.7 Å². The minimum atomic E-state index is -1.33. The number of ketones is 1. The maximum absolute atomic E-state index is 15.1. The first-order valence-corrected chi connectivity index (χ1v) is 12.2. The van der Waals surface area contributed by atoms with Gasteiger partial charge in [-0.25, -0.2) is 9.18 Å². The van der Waals surface area contributed by atoms with E-state index >= 15 is 4.39 Å². The molecular weight excluding hydrogens is 489 g/mol. The average molecular weight is 514 g/mol. The number of aromatic carboxylic acids is 1. The van der Waals surface area contributed by atoms with Gasteiger partial charge in [0.15, 0.2) is 5.78 Å². The van der Waals surface area contributed by atoms with E-state index < -0.39 is 17.2 Å². The topological polar surface area (TPSA) is 92.1 Å². The fourth-order valence-electron chi connectivity index (χ4n) is 4.98. The summed E-state index contributed by atoms with van der Waals surface area (Å²) in [5, 5.41) is 9.91. The summed E-state index contributed by atoms with van der Waals surface area (Å²) in [6, 6.07) is 7.79. The Hall–Kier alpha value is -3.43. The van der Waals surface area contributed by atoms with Crippen LogP contribution in [0.15, 0.2) is 41.3 Å². The molecule has 0 radical (unpaired) electrons. The average Bonchev–Trinajstić information content (AvgIpc) is 2.86. The van der Waals surface area contributed by atoms with Gasteiger partial charge >= 0.3 is 5.97 Å². The van der Waals surface area contributed by atoms with E-state index in [1.54, 1.807) is 28.8 Å². The molecule has 1 aromatic heterocycles. The number of carboxylic acids is 1. The molecule has 2 aromatic carbocycles. The van der Waals surface area contributed by atoms with Crippen LogP contribution in [0.1, 0.15) is 27.6 Å². The zero-order valence-corrected chi connectivity index (χ0v) is 20.4. The van der Waals surface area contributed by atoms with E-state index in [-0.39, 0.29) is 22.7 Å². The van der Waals surface area contributed by atoms with E-state index in [0.717, 1.165) is 6.07 Å². The molecule has 2 aliphatic rings. The number of pyridine rings is 1. The molecule has 1 fully saturated rings. The number of aryl methyl sites for hydroxylation is 1. The highest BCUT2D eigenvalue weighted by atomic mass is 35.5. The zero-order valence-electron chi connectivity index (χ0n) is 19.7. The molecule has 0 amide bonds. The molecule has 0 aliphatic carbocycles. The molecule has 3 aromatic rings.